The number of ether oxygens (including phenoxy) is 1. The number of halogens is 1. The van der Waals surface area contributed by atoms with Gasteiger partial charge in [-0.25, -0.2) is 4.39 Å². The Morgan fingerprint density at radius 3 is 2.80 bits per heavy atom. The first-order valence-corrected chi connectivity index (χ1v) is 7.26. The summed E-state index contributed by atoms with van der Waals surface area (Å²) in [6.07, 6.45) is 0.999. The Balaban J connectivity index is 1.61. The number of nitrogens with zero attached hydrogens (tertiary/aromatic N) is 1. The molecular weight excluding hydrogens is 277 g/mol. The van der Waals surface area contributed by atoms with Crippen LogP contribution in [0.4, 0.5) is 10.1 Å². The molecule has 0 radical (unpaired) electrons. The zero-order valence-corrected chi connectivity index (χ0v) is 12.2. The maximum atomic E-state index is 13.4. The van der Waals surface area contributed by atoms with Crippen molar-refractivity contribution < 1.29 is 9.13 Å². The van der Waals surface area contributed by atoms with Gasteiger partial charge in [0.25, 0.3) is 0 Å². The van der Waals surface area contributed by atoms with E-state index < -0.39 is 0 Å². The standard InChI is InChI=1S/C14H20FN3OS/c15-12-4-1-2-5-13(12)17-14(20)16-6-3-7-18-8-10-19-11-9-18/h1-2,4-5H,3,6-11H2,(H2,16,17,20). The summed E-state index contributed by atoms with van der Waals surface area (Å²) < 4.78 is 18.7. The van der Waals surface area contributed by atoms with Crippen molar-refractivity contribution in [3.63, 3.8) is 0 Å². The summed E-state index contributed by atoms with van der Waals surface area (Å²) in [4.78, 5) is 2.37. The van der Waals surface area contributed by atoms with Crippen LogP contribution in [-0.2, 0) is 4.74 Å². The highest BCUT2D eigenvalue weighted by Gasteiger charge is 2.09. The molecule has 0 amide bonds. The Labute approximate surface area is 124 Å². The quantitative estimate of drug-likeness (QED) is 0.640. The second kappa shape index (κ2) is 8.14. The van der Waals surface area contributed by atoms with E-state index in [1.165, 1.54) is 6.07 Å². The average Bonchev–Trinajstić information content (AvgIpc) is 2.47. The molecule has 1 aromatic carbocycles. The van der Waals surface area contributed by atoms with E-state index in [0.717, 1.165) is 45.8 Å². The van der Waals surface area contributed by atoms with Crippen LogP contribution < -0.4 is 10.6 Å². The fourth-order valence-electron chi connectivity index (χ4n) is 2.06. The molecule has 1 fully saturated rings. The second-order valence-corrected chi connectivity index (χ2v) is 5.08. The van der Waals surface area contributed by atoms with Crippen molar-refractivity contribution >= 4 is 23.0 Å². The molecule has 1 aromatic rings. The number of nitrogens with one attached hydrogen (secondary N) is 2. The number of thiocarbonyl (C=S) groups is 1. The van der Waals surface area contributed by atoms with Gasteiger partial charge >= 0.3 is 0 Å². The summed E-state index contributed by atoms with van der Waals surface area (Å²) in [6, 6.07) is 6.49. The molecule has 20 heavy (non-hydrogen) atoms. The number of hydrogen-bond acceptors (Lipinski definition) is 3. The van der Waals surface area contributed by atoms with Crippen molar-refractivity contribution in [1.29, 1.82) is 0 Å². The van der Waals surface area contributed by atoms with Crippen molar-refractivity contribution in [2.45, 2.75) is 6.42 Å². The van der Waals surface area contributed by atoms with Crippen LogP contribution in [0.3, 0.4) is 0 Å². The predicted octanol–water partition coefficient (Wildman–Crippen LogP) is 1.83. The first kappa shape index (κ1) is 15.2. The number of morpholine rings is 1. The largest absolute Gasteiger partial charge is 0.379 e. The molecule has 0 aromatic heterocycles. The second-order valence-electron chi connectivity index (χ2n) is 4.67. The highest BCUT2D eigenvalue weighted by molar-refractivity contribution is 7.80. The molecule has 4 nitrogen and oxygen atoms in total. The molecule has 1 aliphatic heterocycles. The molecule has 110 valence electrons. The number of benzene rings is 1. The summed E-state index contributed by atoms with van der Waals surface area (Å²) in [5.74, 6) is -0.301. The molecule has 1 heterocycles. The van der Waals surface area contributed by atoms with Crippen molar-refractivity contribution in [3.8, 4) is 0 Å². The van der Waals surface area contributed by atoms with Gasteiger partial charge in [-0.3, -0.25) is 4.90 Å². The maximum absolute atomic E-state index is 13.4. The maximum Gasteiger partial charge on any atom is 0.170 e. The van der Waals surface area contributed by atoms with Crippen LogP contribution in [0.15, 0.2) is 24.3 Å². The molecule has 2 rings (SSSR count). The lowest BCUT2D eigenvalue weighted by atomic mass is 10.3. The van der Waals surface area contributed by atoms with Crippen LogP contribution in [0.2, 0.25) is 0 Å². The molecule has 0 unspecified atom stereocenters. The third kappa shape index (κ3) is 5.03. The van der Waals surface area contributed by atoms with E-state index in [-0.39, 0.29) is 5.82 Å². The first-order valence-electron chi connectivity index (χ1n) is 6.85. The van der Waals surface area contributed by atoms with Crippen molar-refractivity contribution in [3.05, 3.63) is 30.1 Å². The SMILES string of the molecule is Fc1ccccc1NC(=S)NCCCN1CCOCC1. The zero-order valence-electron chi connectivity index (χ0n) is 11.4. The third-order valence-corrected chi connectivity index (χ3v) is 3.41. The van der Waals surface area contributed by atoms with Gasteiger partial charge in [-0.05, 0) is 37.3 Å². The molecule has 0 spiro atoms. The smallest absolute Gasteiger partial charge is 0.170 e. The zero-order chi connectivity index (χ0) is 14.2. The van der Waals surface area contributed by atoms with E-state index in [2.05, 4.69) is 15.5 Å². The minimum atomic E-state index is -0.301. The summed E-state index contributed by atoms with van der Waals surface area (Å²) >= 11 is 5.14. The number of rotatable bonds is 5. The summed E-state index contributed by atoms with van der Waals surface area (Å²) in [7, 11) is 0. The summed E-state index contributed by atoms with van der Waals surface area (Å²) in [5, 5.41) is 6.41. The van der Waals surface area contributed by atoms with E-state index in [1.54, 1.807) is 18.2 Å². The summed E-state index contributed by atoms with van der Waals surface area (Å²) in [6.45, 7) is 5.44. The number of para-hydroxylation sites is 1. The Morgan fingerprint density at radius 2 is 2.05 bits per heavy atom. The van der Waals surface area contributed by atoms with Crippen molar-refractivity contribution in [2.24, 2.45) is 0 Å². The van der Waals surface area contributed by atoms with Gasteiger partial charge in [0.15, 0.2) is 5.11 Å². The van der Waals surface area contributed by atoms with E-state index >= 15 is 0 Å². The molecule has 2 N–H and O–H groups in total. The molecule has 0 atom stereocenters. The van der Waals surface area contributed by atoms with E-state index in [9.17, 15) is 4.39 Å². The average molecular weight is 297 g/mol. The Hall–Kier alpha value is -1.24. The van der Waals surface area contributed by atoms with Gasteiger partial charge in [-0.2, -0.15) is 0 Å². The van der Waals surface area contributed by atoms with Gasteiger partial charge in [0.1, 0.15) is 5.82 Å². The lowest BCUT2D eigenvalue weighted by molar-refractivity contribution is 0.0376. The first-order chi connectivity index (χ1) is 9.75. The minimum absolute atomic E-state index is 0.301. The Morgan fingerprint density at radius 1 is 1.30 bits per heavy atom. The van der Waals surface area contributed by atoms with Gasteiger partial charge in [0, 0.05) is 19.6 Å². The van der Waals surface area contributed by atoms with E-state index in [4.69, 9.17) is 17.0 Å². The van der Waals surface area contributed by atoms with Gasteiger partial charge in [0.2, 0.25) is 0 Å². The van der Waals surface area contributed by atoms with E-state index in [1.807, 2.05) is 0 Å². The van der Waals surface area contributed by atoms with Crippen LogP contribution in [0.5, 0.6) is 0 Å². The monoisotopic (exact) mass is 297 g/mol. The fourth-order valence-corrected chi connectivity index (χ4v) is 2.27. The Bertz CT molecular complexity index is 438. The minimum Gasteiger partial charge on any atom is -0.379 e. The molecule has 0 saturated carbocycles. The number of hydrogen-bond donors (Lipinski definition) is 2. The lowest BCUT2D eigenvalue weighted by Gasteiger charge is -2.26. The van der Waals surface area contributed by atoms with Crippen molar-refractivity contribution in [2.75, 3.05) is 44.7 Å². The molecule has 0 aliphatic carbocycles. The van der Waals surface area contributed by atoms with Gasteiger partial charge < -0.3 is 15.4 Å². The highest BCUT2D eigenvalue weighted by Crippen LogP contribution is 2.11. The molecule has 6 heteroatoms. The van der Waals surface area contributed by atoms with Crippen LogP contribution in [-0.4, -0.2) is 49.4 Å². The van der Waals surface area contributed by atoms with Crippen LogP contribution in [0.25, 0.3) is 0 Å². The van der Waals surface area contributed by atoms with Gasteiger partial charge in [0.05, 0.1) is 18.9 Å². The summed E-state index contributed by atoms with van der Waals surface area (Å²) in [5.41, 5.74) is 0.401. The van der Waals surface area contributed by atoms with E-state index in [0.29, 0.717) is 10.8 Å². The van der Waals surface area contributed by atoms with Gasteiger partial charge in [-0.15, -0.1) is 0 Å². The number of anilines is 1. The third-order valence-electron chi connectivity index (χ3n) is 3.16. The van der Waals surface area contributed by atoms with Gasteiger partial charge in [-0.1, -0.05) is 12.1 Å². The molecule has 1 aliphatic rings. The normalized spacial score (nSPS) is 15.8. The Kier molecular flexibility index (Phi) is 6.17. The fraction of sp³-hybridized carbons (Fsp3) is 0.500. The van der Waals surface area contributed by atoms with Crippen molar-refractivity contribution in [1.82, 2.24) is 10.2 Å². The molecule has 1 saturated heterocycles. The molecular formula is C14H20FN3OS. The predicted molar refractivity (Wildman–Crippen MR) is 82.5 cm³/mol. The topological polar surface area (TPSA) is 36.5 Å². The van der Waals surface area contributed by atoms with Crippen LogP contribution >= 0.6 is 12.2 Å². The lowest BCUT2D eigenvalue weighted by Crippen LogP contribution is -2.38. The van der Waals surface area contributed by atoms with Crippen LogP contribution in [0, 0.1) is 5.82 Å². The highest BCUT2D eigenvalue weighted by atomic mass is 32.1. The molecule has 0 bridgehead atoms. The van der Waals surface area contributed by atoms with Crippen LogP contribution in [0.1, 0.15) is 6.42 Å².